The summed E-state index contributed by atoms with van der Waals surface area (Å²) in [4.78, 5) is 25.9. The number of amides is 2. The minimum Gasteiger partial charge on any atom is -0.480 e. The molecule has 0 atom stereocenters. The molecule has 0 radical (unpaired) electrons. The van der Waals surface area contributed by atoms with Gasteiger partial charge in [0.05, 0.1) is 11.9 Å². The fourth-order valence-electron chi connectivity index (χ4n) is 1.94. The van der Waals surface area contributed by atoms with Gasteiger partial charge in [0.1, 0.15) is 11.2 Å². The highest BCUT2D eigenvalue weighted by Crippen LogP contribution is 2.32. The number of pyridine rings is 1. The molecular weight excluding hydrogens is 291 g/mol. The van der Waals surface area contributed by atoms with Crippen LogP contribution < -0.4 is 10.6 Å². The molecule has 6 nitrogen and oxygen atoms in total. The fraction of sp³-hybridized carbons (Fsp3) is 0.417. The number of aliphatic carboxylic acids is 1. The molecule has 21 heavy (non-hydrogen) atoms. The van der Waals surface area contributed by atoms with Crippen LogP contribution in [-0.2, 0) is 11.0 Å². The molecule has 0 aromatic carbocycles. The van der Waals surface area contributed by atoms with Gasteiger partial charge in [0, 0.05) is 0 Å². The van der Waals surface area contributed by atoms with E-state index < -0.39 is 29.4 Å². The van der Waals surface area contributed by atoms with E-state index in [4.69, 9.17) is 5.11 Å². The summed E-state index contributed by atoms with van der Waals surface area (Å²) in [5.41, 5.74) is -2.32. The van der Waals surface area contributed by atoms with Crippen molar-refractivity contribution in [2.24, 2.45) is 0 Å². The van der Waals surface area contributed by atoms with Gasteiger partial charge >= 0.3 is 18.2 Å². The van der Waals surface area contributed by atoms with Gasteiger partial charge in [0.25, 0.3) is 0 Å². The first-order valence-electron chi connectivity index (χ1n) is 6.09. The predicted molar refractivity (Wildman–Crippen MR) is 65.6 cm³/mol. The molecule has 0 unspecified atom stereocenters. The van der Waals surface area contributed by atoms with Gasteiger partial charge in [-0.3, -0.25) is 0 Å². The zero-order chi connectivity index (χ0) is 15.7. The third-order valence-corrected chi connectivity index (χ3v) is 3.28. The molecule has 1 aliphatic rings. The van der Waals surface area contributed by atoms with E-state index in [0.717, 1.165) is 18.3 Å². The summed E-state index contributed by atoms with van der Waals surface area (Å²) < 4.78 is 37.0. The third kappa shape index (κ3) is 3.23. The Hall–Kier alpha value is -2.32. The summed E-state index contributed by atoms with van der Waals surface area (Å²) in [6.45, 7) is 0. The van der Waals surface area contributed by atoms with Crippen molar-refractivity contribution in [2.75, 3.05) is 5.32 Å². The van der Waals surface area contributed by atoms with Crippen LogP contribution in [0.2, 0.25) is 0 Å². The maximum Gasteiger partial charge on any atom is 0.433 e. The zero-order valence-electron chi connectivity index (χ0n) is 10.7. The van der Waals surface area contributed by atoms with E-state index in [9.17, 15) is 22.8 Å². The van der Waals surface area contributed by atoms with Gasteiger partial charge in [-0.2, -0.15) is 13.2 Å². The molecular formula is C12H12F3N3O3. The highest BCUT2D eigenvalue weighted by atomic mass is 19.4. The number of hydrogen-bond acceptors (Lipinski definition) is 3. The Bertz CT molecular complexity index is 553. The molecule has 0 saturated heterocycles. The molecule has 2 rings (SSSR count). The van der Waals surface area contributed by atoms with E-state index in [1.54, 1.807) is 0 Å². The lowest BCUT2D eigenvalue weighted by Crippen LogP contribution is -2.60. The Labute approximate surface area is 117 Å². The summed E-state index contributed by atoms with van der Waals surface area (Å²) >= 11 is 0. The third-order valence-electron chi connectivity index (χ3n) is 3.28. The molecule has 1 aliphatic carbocycles. The number of hydrogen-bond donors (Lipinski definition) is 3. The Kier molecular flexibility index (Phi) is 3.75. The first-order valence-corrected chi connectivity index (χ1v) is 6.09. The summed E-state index contributed by atoms with van der Waals surface area (Å²) in [5, 5.41) is 13.6. The molecule has 0 aliphatic heterocycles. The van der Waals surface area contributed by atoms with Crippen LogP contribution in [0.15, 0.2) is 18.3 Å². The minimum absolute atomic E-state index is 0.0420. The number of carboxylic acid groups (broad SMARTS) is 1. The quantitative estimate of drug-likeness (QED) is 0.798. The number of rotatable bonds is 3. The van der Waals surface area contributed by atoms with Gasteiger partial charge in [-0.15, -0.1) is 0 Å². The Balaban J connectivity index is 1.98. The maximum absolute atomic E-state index is 12.3. The average Bonchev–Trinajstić information content (AvgIpc) is 2.33. The normalized spacial score (nSPS) is 16.7. The second kappa shape index (κ2) is 5.23. The van der Waals surface area contributed by atoms with Crippen molar-refractivity contribution < 1.29 is 27.9 Å². The largest absolute Gasteiger partial charge is 0.480 e. The number of carbonyl (C=O) groups excluding carboxylic acids is 1. The molecule has 1 aromatic heterocycles. The molecule has 1 aromatic rings. The molecule has 1 saturated carbocycles. The molecule has 0 spiro atoms. The SMILES string of the molecule is O=C(Nc1ccc(C(F)(F)F)nc1)NC1(C(=O)O)CCC1. The Morgan fingerprint density at radius 1 is 1.29 bits per heavy atom. The number of nitrogens with one attached hydrogen (secondary N) is 2. The van der Waals surface area contributed by atoms with Gasteiger partial charge in [0.15, 0.2) is 0 Å². The number of aromatic nitrogens is 1. The van der Waals surface area contributed by atoms with Crippen LogP contribution in [-0.4, -0.2) is 27.6 Å². The maximum atomic E-state index is 12.3. The number of urea groups is 1. The number of halogens is 3. The van der Waals surface area contributed by atoms with E-state index in [1.807, 2.05) is 0 Å². The number of alkyl halides is 3. The number of anilines is 1. The highest BCUT2D eigenvalue weighted by molar-refractivity contribution is 5.94. The second-order valence-electron chi connectivity index (χ2n) is 4.75. The van der Waals surface area contributed by atoms with E-state index >= 15 is 0 Å². The second-order valence-corrected chi connectivity index (χ2v) is 4.75. The van der Waals surface area contributed by atoms with Gasteiger partial charge < -0.3 is 15.7 Å². The van der Waals surface area contributed by atoms with Gasteiger partial charge in [-0.05, 0) is 31.4 Å². The zero-order valence-corrected chi connectivity index (χ0v) is 10.7. The molecule has 3 N–H and O–H groups in total. The standard InChI is InChI=1S/C12H12F3N3O3/c13-12(14,15)8-3-2-7(6-16-8)17-10(21)18-11(9(19)20)4-1-5-11/h2-3,6H,1,4-5H2,(H,19,20)(H2,17,18,21). The lowest BCUT2D eigenvalue weighted by molar-refractivity contribution is -0.148. The average molecular weight is 303 g/mol. The van der Waals surface area contributed by atoms with Crippen LogP contribution in [0.1, 0.15) is 25.0 Å². The molecule has 114 valence electrons. The fourth-order valence-corrected chi connectivity index (χ4v) is 1.94. The monoisotopic (exact) mass is 303 g/mol. The molecule has 1 fully saturated rings. The summed E-state index contributed by atoms with van der Waals surface area (Å²) in [6, 6.07) is 0.980. The smallest absolute Gasteiger partial charge is 0.433 e. The summed E-state index contributed by atoms with van der Waals surface area (Å²) in [6.07, 6.45) is -2.37. The molecule has 1 heterocycles. The van der Waals surface area contributed by atoms with Crippen LogP contribution >= 0.6 is 0 Å². The minimum atomic E-state index is -4.56. The lowest BCUT2D eigenvalue weighted by Gasteiger charge is -2.38. The van der Waals surface area contributed by atoms with E-state index in [1.165, 1.54) is 0 Å². The van der Waals surface area contributed by atoms with Crippen LogP contribution in [0.3, 0.4) is 0 Å². The Morgan fingerprint density at radius 3 is 2.33 bits per heavy atom. The van der Waals surface area contributed by atoms with Crippen molar-refractivity contribution in [3.8, 4) is 0 Å². The van der Waals surface area contributed by atoms with Crippen molar-refractivity contribution in [3.05, 3.63) is 24.0 Å². The van der Waals surface area contributed by atoms with Crippen molar-refractivity contribution in [2.45, 2.75) is 31.0 Å². The Morgan fingerprint density at radius 2 is 1.95 bits per heavy atom. The van der Waals surface area contributed by atoms with Crippen molar-refractivity contribution >= 4 is 17.7 Å². The first-order chi connectivity index (χ1) is 9.73. The number of carboxylic acids is 1. The van der Waals surface area contributed by atoms with Crippen molar-refractivity contribution in [1.82, 2.24) is 10.3 Å². The van der Waals surface area contributed by atoms with Crippen LogP contribution in [0.25, 0.3) is 0 Å². The van der Waals surface area contributed by atoms with Crippen LogP contribution in [0, 0.1) is 0 Å². The van der Waals surface area contributed by atoms with E-state index in [-0.39, 0.29) is 5.69 Å². The van der Waals surface area contributed by atoms with Crippen LogP contribution in [0.5, 0.6) is 0 Å². The first kappa shape index (κ1) is 15.1. The van der Waals surface area contributed by atoms with Crippen molar-refractivity contribution in [3.63, 3.8) is 0 Å². The lowest BCUT2D eigenvalue weighted by atomic mass is 9.77. The van der Waals surface area contributed by atoms with Gasteiger partial charge in [0.2, 0.25) is 0 Å². The van der Waals surface area contributed by atoms with Crippen molar-refractivity contribution in [1.29, 1.82) is 0 Å². The molecule has 9 heteroatoms. The van der Waals surface area contributed by atoms with Crippen LogP contribution in [0.4, 0.5) is 23.7 Å². The topological polar surface area (TPSA) is 91.3 Å². The van der Waals surface area contributed by atoms with E-state index in [0.29, 0.717) is 19.3 Å². The van der Waals surface area contributed by atoms with Gasteiger partial charge in [-0.25, -0.2) is 14.6 Å². The summed E-state index contributed by atoms with van der Waals surface area (Å²) in [7, 11) is 0. The predicted octanol–water partition coefficient (Wildman–Crippen LogP) is 2.23. The van der Waals surface area contributed by atoms with E-state index in [2.05, 4.69) is 15.6 Å². The number of nitrogens with zero attached hydrogens (tertiary/aromatic N) is 1. The highest BCUT2D eigenvalue weighted by Gasteiger charge is 2.45. The molecule has 0 bridgehead atoms. The van der Waals surface area contributed by atoms with Gasteiger partial charge in [-0.1, -0.05) is 0 Å². The summed E-state index contributed by atoms with van der Waals surface area (Å²) in [5.74, 6) is -1.13. The molecule has 2 amide bonds. The number of carbonyl (C=O) groups is 2.